The number of nitrogens with one attached hydrogen (secondary N) is 1. The summed E-state index contributed by atoms with van der Waals surface area (Å²) in [7, 11) is 0. The van der Waals surface area contributed by atoms with Gasteiger partial charge >= 0.3 is 6.61 Å². The molecule has 1 N–H and O–H groups in total. The third-order valence-corrected chi connectivity index (χ3v) is 4.93. The summed E-state index contributed by atoms with van der Waals surface area (Å²) >= 11 is 0. The summed E-state index contributed by atoms with van der Waals surface area (Å²) in [5.74, 6) is 0.0978. The second-order valence-corrected chi connectivity index (χ2v) is 6.86. The van der Waals surface area contributed by atoms with Crippen molar-refractivity contribution in [3.63, 3.8) is 0 Å². The predicted octanol–water partition coefficient (Wildman–Crippen LogP) is 3.98. The first kappa shape index (κ1) is 19.0. The molecule has 6 nitrogen and oxygen atoms in total. The van der Waals surface area contributed by atoms with E-state index in [9.17, 15) is 18.4 Å². The molecule has 0 fully saturated rings. The largest absolute Gasteiger partial charge is 0.433 e. The number of aromatic nitrogens is 2. The number of amides is 1. The molecule has 3 aromatic rings. The predicted molar refractivity (Wildman–Crippen MR) is 105 cm³/mol. The van der Waals surface area contributed by atoms with Crippen molar-refractivity contribution in [2.75, 3.05) is 5.32 Å². The number of carbonyl (C=O) groups is 1. The summed E-state index contributed by atoms with van der Waals surface area (Å²) < 4.78 is 31.3. The molecule has 8 heteroatoms. The van der Waals surface area contributed by atoms with E-state index in [2.05, 4.69) is 15.0 Å². The van der Waals surface area contributed by atoms with E-state index in [0.717, 1.165) is 31.5 Å². The Morgan fingerprint density at radius 1 is 1.14 bits per heavy atom. The minimum Gasteiger partial charge on any atom is -0.433 e. The summed E-state index contributed by atoms with van der Waals surface area (Å²) in [6, 6.07) is 10.6. The van der Waals surface area contributed by atoms with E-state index >= 15 is 0 Å². The smallest absolute Gasteiger partial charge is 0.387 e. The van der Waals surface area contributed by atoms with Crippen molar-refractivity contribution in [2.45, 2.75) is 38.8 Å². The van der Waals surface area contributed by atoms with Gasteiger partial charge in [-0.3, -0.25) is 14.2 Å². The summed E-state index contributed by atoms with van der Waals surface area (Å²) in [5, 5.41) is 3.03. The van der Waals surface area contributed by atoms with Gasteiger partial charge in [0.2, 0.25) is 0 Å². The molecule has 1 amide bonds. The first-order valence-corrected chi connectivity index (χ1v) is 9.41. The lowest BCUT2D eigenvalue weighted by Gasteiger charge is -2.13. The third kappa shape index (κ3) is 3.96. The molecule has 1 aliphatic heterocycles. The fourth-order valence-electron chi connectivity index (χ4n) is 3.52. The van der Waals surface area contributed by atoms with E-state index in [-0.39, 0.29) is 22.6 Å². The molecule has 0 spiro atoms. The van der Waals surface area contributed by atoms with E-state index in [1.807, 2.05) is 0 Å². The van der Waals surface area contributed by atoms with E-state index in [4.69, 9.17) is 0 Å². The number of ether oxygens (including phenoxy) is 1. The van der Waals surface area contributed by atoms with Gasteiger partial charge in [0.15, 0.2) is 0 Å². The van der Waals surface area contributed by atoms with Crippen LogP contribution in [0.3, 0.4) is 0 Å². The topological polar surface area (TPSA) is 73.2 Å². The first-order chi connectivity index (χ1) is 14.0. The highest BCUT2D eigenvalue weighted by Crippen LogP contribution is 2.26. The summed E-state index contributed by atoms with van der Waals surface area (Å²) in [6.45, 7) is -2.35. The lowest BCUT2D eigenvalue weighted by atomic mass is 10.1. The van der Waals surface area contributed by atoms with Crippen LogP contribution in [0.1, 0.15) is 35.4 Å². The average Bonchev–Trinajstić information content (AvgIpc) is 2.94. The molecule has 0 saturated heterocycles. The van der Waals surface area contributed by atoms with Crippen LogP contribution in [0.5, 0.6) is 5.75 Å². The Morgan fingerprint density at radius 2 is 1.97 bits per heavy atom. The summed E-state index contributed by atoms with van der Waals surface area (Å²) in [6.07, 6.45) is 3.69. The van der Waals surface area contributed by atoms with Gasteiger partial charge in [0.05, 0.1) is 16.6 Å². The Kier molecular flexibility index (Phi) is 5.24. The number of hydrogen-bond donors (Lipinski definition) is 1. The molecule has 2 heterocycles. The second-order valence-electron chi connectivity index (χ2n) is 6.86. The molecule has 0 aliphatic carbocycles. The molecule has 0 radical (unpaired) electrons. The van der Waals surface area contributed by atoms with Gasteiger partial charge in [0.1, 0.15) is 11.6 Å². The number of carbonyl (C=O) groups excluding carboxylic acids is 1. The zero-order valence-electron chi connectivity index (χ0n) is 15.5. The Labute approximate surface area is 165 Å². The molecular weight excluding hydrogens is 380 g/mol. The number of hydrogen-bond acceptors (Lipinski definition) is 4. The Balaban J connectivity index is 1.66. The van der Waals surface area contributed by atoms with Crippen LogP contribution < -0.4 is 15.6 Å². The quantitative estimate of drug-likeness (QED) is 0.720. The molecule has 29 heavy (non-hydrogen) atoms. The fourth-order valence-corrected chi connectivity index (χ4v) is 3.52. The van der Waals surface area contributed by atoms with Crippen molar-refractivity contribution in [2.24, 2.45) is 0 Å². The van der Waals surface area contributed by atoms with Gasteiger partial charge in [0.25, 0.3) is 11.5 Å². The number of rotatable bonds is 4. The lowest BCUT2D eigenvalue weighted by molar-refractivity contribution is -0.0493. The highest BCUT2D eigenvalue weighted by atomic mass is 19.3. The maximum absolute atomic E-state index is 12.8. The van der Waals surface area contributed by atoms with Gasteiger partial charge in [-0.05, 0) is 43.2 Å². The SMILES string of the molecule is O=C(Nc1ccccc1OC(F)F)c1ccc2c(=O)n3c(nc2c1)CCCCC3. The molecule has 1 aromatic heterocycles. The van der Waals surface area contributed by atoms with Crippen molar-refractivity contribution in [3.8, 4) is 5.75 Å². The molecule has 2 aromatic carbocycles. The van der Waals surface area contributed by atoms with Crippen LogP contribution in [-0.4, -0.2) is 22.1 Å². The van der Waals surface area contributed by atoms with Crippen molar-refractivity contribution in [1.82, 2.24) is 9.55 Å². The molecule has 1 aliphatic rings. The fraction of sp³-hybridized carbons (Fsp3) is 0.286. The van der Waals surface area contributed by atoms with Crippen LogP contribution >= 0.6 is 0 Å². The first-order valence-electron chi connectivity index (χ1n) is 9.41. The average molecular weight is 399 g/mol. The van der Waals surface area contributed by atoms with Crippen molar-refractivity contribution in [1.29, 1.82) is 0 Å². The number of aryl methyl sites for hydroxylation is 1. The Morgan fingerprint density at radius 3 is 2.79 bits per heavy atom. The molecular formula is C21H19F2N3O3. The monoisotopic (exact) mass is 399 g/mol. The zero-order valence-corrected chi connectivity index (χ0v) is 15.5. The van der Waals surface area contributed by atoms with Gasteiger partial charge in [-0.1, -0.05) is 18.6 Å². The van der Waals surface area contributed by atoms with Gasteiger partial charge in [-0.15, -0.1) is 0 Å². The van der Waals surface area contributed by atoms with Gasteiger partial charge in [-0.25, -0.2) is 4.98 Å². The highest BCUT2D eigenvalue weighted by molar-refractivity contribution is 6.06. The highest BCUT2D eigenvalue weighted by Gasteiger charge is 2.17. The van der Waals surface area contributed by atoms with Crippen LogP contribution in [0.15, 0.2) is 47.3 Å². The number of halogens is 2. The number of para-hydroxylation sites is 2. The normalized spacial score (nSPS) is 13.8. The zero-order chi connectivity index (χ0) is 20.4. The molecule has 0 bridgehead atoms. The maximum Gasteiger partial charge on any atom is 0.387 e. The molecule has 150 valence electrons. The maximum atomic E-state index is 12.8. The van der Waals surface area contributed by atoms with E-state index in [1.165, 1.54) is 24.3 Å². The van der Waals surface area contributed by atoms with E-state index < -0.39 is 12.5 Å². The molecule has 0 atom stereocenters. The Hall–Kier alpha value is -3.29. The number of fused-ring (bicyclic) bond motifs is 2. The van der Waals surface area contributed by atoms with Crippen molar-refractivity contribution >= 4 is 22.5 Å². The van der Waals surface area contributed by atoms with E-state index in [0.29, 0.717) is 17.4 Å². The molecule has 0 saturated carbocycles. The summed E-state index contributed by atoms with van der Waals surface area (Å²) in [4.78, 5) is 30.0. The van der Waals surface area contributed by atoms with Gasteiger partial charge in [0, 0.05) is 18.5 Å². The number of benzene rings is 2. The molecule has 0 unspecified atom stereocenters. The Bertz CT molecular complexity index is 1130. The van der Waals surface area contributed by atoms with Crippen LogP contribution in [-0.2, 0) is 13.0 Å². The van der Waals surface area contributed by atoms with Crippen LogP contribution in [0, 0.1) is 0 Å². The van der Waals surface area contributed by atoms with Crippen molar-refractivity contribution < 1.29 is 18.3 Å². The number of nitrogens with zero attached hydrogens (tertiary/aromatic N) is 2. The summed E-state index contributed by atoms with van der Waals surface area (Å²) in [5.41, 5.74) is 0.755. The third-order valence-electron chi connectivity index (χ3n) is 4.93. The van der Waals surface area contributed by atoms with Crippen LogP contribution in [0.2, 0.25) is 0 Å². The standard InChI is InChI=1S/C21H19F2N3O3/c22-21(23)29-17-7-4-3-6-15(17)25-19(27)13-9-10-14-16(12-13)24-18-8-2-1-5-11-26(18)20(14)28/h3-4,6-7,9-10,12,21H,1-2,5,8,11H2,(H,25,27). The van der Waals surface area contributed by atoms with Crippen LogP contribution in [0.4, 0.5) is 14.5 Å². The lowest BCUT2D eigenvalue weighted by Crippen LogP contribution is -2.24. The van der Waals surface area contributed by atoms with Crippen molar-refractivity contribution in [3.05, 3.63) is 64.2 Å². The number of alkyl halides is 2. The minimum absolute atomic E-state index is 0.102. The number of anilines is 1. The second kappa shape index (κ2) is 7.98. The van der Waals surface area contributed by atoms with Gasteiger partial charge in [-0.2, -0.15) is 8.78 Å². The van der Waals surface area contributed by atoms with E-state index in [1.54, 1.807) is 22.8 Å². The van der Waals surface area contributed by atoms with Crippen LogP contribution in [0.25, 0.3) is 10.9 Å². The molecule has 4 rings (SSSR count). The van der Waals surface area contributed by atoms with Gasteiger partial charge < -0.3 is 10.1 Å². The minimum atomic E-state index is -3.00.